The molecule has 0 radical (unpaired) electrons. The topological polar surface area (TPSA) is 98.8 Å². The summed E-state index contributed by atoms with van der Waals surface area (Å²) in [5.74, 6) is -1.84. The van der Waals surface area contributed by atoms with Crippen molar-refractivity contribution in [2.45, 2.75) is 13.0 Å². The zero-order chi connectivity index (χ0) is 17.1. The molecule has 6 amide bonds. The van der Waals surface area contributed by atoms with Gasteiger partial charge in [-0.2, -0.15) is 0 Å². The molecule has 1 aliphatic rings. The molecule has 0 aliphatic carbocycles. The molecule has 0 spiro atoms. The average Bonchev–Trinajstić information content (AvgIpc) is 2.72. The first-order valence-corrected chi connectivity index (χ1v) is 6.77. The van der Waals surface area contributed by atoms with Gasteiger partial charge in [0.2, 0.25) is 5.91 Å². The normalized spacial score (nSPS) is 17.4. The average molecular weight is 322 g/mol. The highest BCUT2D eigenvalue weighted by Gasteiger charge is 2.44. The lowest BCUT2D eigenvalue weighted by Gasteiger charge is -2.19. The van der Waals surface area contributed by atoms with Crippen LogP contribution < -0.4 is 15.5 Å². The SMILES string of the molecule is CNC(=O)NC(=O)CN1C(=O)C(C)N(c2ccc(F)cc2)C1=O. The van der Waals surface area contributed by atoms with Gasteiger partial charge in [0.05, 0.1) is 0 Å². The first-order valence-electron chi connectivity index (χ1n) is 6.77. The second-order valence-electron chi connectivity index (χ2n) is 4.86. The standard InChI is InChI=1S/C14H15FN4O4/c1-8-12(21)18(7-11(20)17-13(22)16-2)14(23)19(8)10-5-3-9(15)4-6-10/h3-6,8H,7H2,1-2H3,(H2,16,17,20,22). The molecule has 2 N–H and O–H groups in total. The first-order chi connectivity index (χ1) is 10.8. The van der Waals surface area contributed by atoms with Gasteiger partial charge in [0.1, 0.15) is 18.4 Å². The number of rotatable bonds is 3. The van der Waals surface area contributed by atoms with Crippen LogP contribution in [0.2, 0.25) is 0 Å². The maximum absolute atomic E-state index is 13.0. The molecule has 1 aromatic carbocycles. The van der Waals surface area contributed by atoms with Crippen molar-refractivity contribution >= 4 is 29.6 Å². The molecule has 1 aromatic rings. The Balaban J connectivity index is 2.16. The minimum atomic E-state index is -0.833. The van der Waals surface area contributed by atoms with E-state index >= 15 is 0 Å². The third-order valence-electron chi connectivity index (χ3n) is 3.33. The van der Waals surface area contributed by atoms with Gasteiger partial charge in [0.15, 0.2) is 0 Å². The third kappa shape index (κ3) is 3.28. The Morgan fingerprint density at radius 2 is 1.83 bits per heavy atom. The molecule has 8 nitrogen and oxygen atoms in total. The van der Waals surface area contributed by atoms with Crippen molar-refractivity contribution < 1.29 is 23.6 Å². The van der Waals surface area contributed by atoms with Gasteiger partial charge in [-0.1, -0.05) is 0 Å². The first kappa shape index (κ1) is 16.4. The lowest BCUT2D eigenvalue weighted by atomic mass is 10.2. The molecule has 23 heavy (non-hydrogen) atoms. The summed E-state index contributed by atoms with van der Waals surface area (Å²) in [6.45, 7) is 0.924. The zero-order valence-electron chi connectivity index (χ0n) is 12.5. The van der Waals surface area contributed by atoms with Crippen LogP contribution in [0.3, 0.4) is 0 Å². The number of benzene rings is 1. The molecule has 9 heteroatoms. The number of anilines is 1. The van der Waals surface area contributed by atoms with Gasteiger partial charge >= 0.3 is 12.1 Å². The minimum Gasteiger partial charge on any atom is -0.341 e. The molecule has 0 saturated carbocycles. The molecule has 122 valence electrons. The maximum Gasteiger partial charge on any atom is 0.332 e. The van der Waals surface area contributed by atoms with Gasteiger partial charge in [-0.15, -0.1) is 0 Å². The summed E-state index contributed by atoms with van der Waals surface area (Å²) in [4.78, 5) is 49.2. The van der Waals surface area contributed by atoms with E-state index in [4.69, 9.17) is 0 Å². The lowest BCUT2D eigenvalue weighted by molar-refractivity contribution is -0.131. The highest BCUT2D eigenvalue weighted by molar-refractivity contribution is 6.15. The van der Waals surface area contributed by atoms with Crippen LogP contribution in [0.5, 0.6) is 0 Å². The van der Waals surface area contributed by atoms with Crippen LogP contribution in [-0.4, -0.2) is 48.4 Å². The van der Waals surface area contributed by atoms with Gasteiger partial charge in [-0.25, -0.2) is 14.0 Å². The Labute approximate surface area is 131 Å². The number of hydrogen-bond acceptors (Lipinski definition) is 4. The molecule has 1 aliphatic heterocycles. The van der Waals surface area contributed by atoms with Crippen molar-refractivity contribution in [2.75, 3.05) is 18.5 Å². The van der Waals surface area contributed by atoms with E-state index in [9.17, 15) is 23.6 Å². The number of hydrogen-bond donors (Lipinski definition) is 2. The van der Waals surface area contributed by atoms with Crippen LogP contribution in [0.1, 0.15) is 6.92 Å². The number of nitrogens with one attached hydrogen (secondary N) is 2. The molecule has 1 saturated heterocycles. The summed E-state index contributed by atoms with van der Waals surface area (Å²) >= 11 is 0. The lowest BCUT2D eigenvalue weighted by Crippen LogP contribution is -2.45. The molecular weight excluding hydrogens is 307 g/mol. The Morgan fingerprint density at radius 1 is 1.22 bits per heavy atom. The van der Waals surface area contributed by atoms with Crippen LogP contribution in [0.15, 0.2) is 24.3 Å². The van der Waals surface area contributed by atoms with E-state index in [-0.39, 0.29) is 0 Å². The van der Waals surface area contributed by atoms with Gasteiger partial charge < -0.3 is 5.32 Å². The molecule has 1 unspecified atom stereocenters. The number of urea groups is 2. The summed E-state index contributed by atoms with van der Waals surface area (Å²) in [6.07, 6.45) is 0. The van der Waals surface area contributed by atoms with Crippen LogP contribution in [0.4, 0.5) is 19.7 Å². The second kappa shape index (κ2) is 6.42. The van der Waals surface area contributed by atoms with E-state index in [1.807, 2.05) is 5.32 Å². The van der Waals surface area contributed by atoms with Gasteiger partial charge in [0.25, 0.3) is 5.91 Å². The fourth-order valence-corrected chi connectivity index (χ4v) is 2.18. The summed E-state index contributed by atoms with van der Waals surface area (Å²) in [6, 6.07) is 2.79. The van der Waals surface area contributed by atoms with Crippen molar-refractivity contribution in [3.8, 4) is 0 Å². The van der Waals surface area contributed by atoms with E-state index < -0.39 is 42.3 Å². The van der Waals surface area contributed by atoms with Crippen LogP contribution in [0.25, 0.3) is 0 Å². The van der Waals surface area contributed by atoms with Crippen molar-refractivity contribution in [2.24, 2.45) is 0 Å². The van der Waals surface area contributed by atoms with E-state index in [0.29, 0.717) is 5.69 Å². The number of carbonyl (C=O) groups excluding carboxylic acids is 4. The van der Waals surface area contributed by atoms with Crippen LogP contribution in [0, 0.1) is 5.82 Å². The molecule has 1 fully saturated rings. The fraction of sp³-hybridized carbons (Fsp3) is 0.286. The van der Waals surface area contributed by atoms with E-state index in [1.54, 1.807) is 0 Å². The number of halogens is 1. The Kier molecular flexibility index (Phi) is 4.58. The number of nitrogens with zero attached hydrogens (tertiary/aromatic N) is 2. The summed E-state index contributed by atoms with van der Waals surface area (Å²) < 4.78 is 13.0. The van der Waals surface area contributed by atoms with Crippen LogP contribution >= 0.6 is 0 Å². The predicted molar refractivity (Wildman–Crippen MR) is 78.0 cm³/mol. The zero-order valence-corrected chi connectivity index (χ0v) is 12.5. The molecular formula is C14H15FN4O4. The predicted octanol–water partition coefficient (Wildman–Crippen LogP) is 0.438. The molecule has 0 aromatic heterocycles. The van der Waals surface area contributed by atoms with Crippen molar-refractivity contribution in [3.05, 3.63) is 30.1 Å². The monoisotopic (exact) mass is 322 g/mol. The Morgan fingerprint density at radius 3 is 2.39 bits per heavy atom. The van der Waals surface area contributed by atoms with Crippen LogP contribution in [-0.2, 0) is 9.59 Å². The second-order valence-corrected chi connectivity index (χ2v) is 4.86. The summed E-state index contributed by atoms with van der Waals surface area (Å²) in [5, 5.41) is 4.16. The minimum absolute atomic E-state index is 0.339. The van der Waals surface area contributed by atoms with Crippen molar-refractivity contribution in [3.63, 3.8) is 0 Å². The number of amides is 6. The molecule has 1 atom stereocenters. The summed E-state index contributed by atoms with van der Waals surface area (Å²) in [7, 11) is 1.33. The van der Waals surface area contributed by atoms with E-state index in [1.165, 1.54) is 38.2 Å². The Bertz CT molecular complexity index is 661. The van der Waals surface area contributed by atoms with E-state index in [0.717, 1.165) is 9.80 Å². The maximum atomic E-state index is 13.0. The van der Waals surface area contributed by atoms with E-state index in [2.05, 4.69) is 5.32 Å². The number of imide groups is 2. The molecule has 2 rings (SSSR count). The third-order valence-corrected chi connectivity index (χ3v) is 3.33. The highest BCUT2D eigenvalue weighted by Crippen LogP contribution is 2.25. The molecule has 1 heterocycles. The number of carbonyl (C=O) groups is 4. The van der Waals surface area contributed by atoms with Gasteiger partial charge in [-0.05, 0) is 31.2 Å². The van der Waals surface area contributed by atoms with Gasteiger partial charge in [0, 0.05) is 12.7 Å². The van der Waals surface area contributed by atoms with Crippen molar-refractivity contribution in [1.29, 1.82) is 0 Å². The van der Waals surface area contributed by atoms with Gasteiger partial charge in [-0.3, -0.25) is 24.7 Å². The fourth-order valence-electron chi connectivity index (χ4n) is 2.18. The smallest absolute Gasteiger partial charge is 0.332 e. The largest absolute Gasteiger partial charge is 0.341 e. The molecule has 0 bridgehead atoms. The Hall–Kier alpha value is -2.97. The highest BCUT2D eigenvalue weighted by atomic mass is 19.1. The summed E-state index contributed by atoms with van der Waals surface area (Å²) in [5.41, 5.74) is 0.339. The van der Waals surface area contributed by atoms with Crippen molar-refractivity contribution in [1.82, 2.24) is 15.5 Å². The quantitative estimate of drug-likeness (QED) is 0.789.